The first-order valence-electron chi connectivity index (χ1n) is 8.29. The third kappa shape index (κ3) is 2.73. The summed E-state index contributed by atoms with van der Waals surface area (Å²) in [4.78, 5) is 13.8. The zero-order chi connectivity index (χ0) is 14.2. The Morgan fingerprint density at radius 3 is 2.25 bits per heavy atom. The van der Waals surface area contributed by atoms with Crippen molar-refractivity contribution < 1.29 is 9.90 Å². The van der Waals surface area contributed by atoms with Gasteiger partial charge in [0.1, 0.15) is 5.54 Å². The lowest BCUT2D eigenvalue weighted by Crippen LogP contribution is -2.59. The number of nitrogens with zero attached hydrogens (tertiary/aromatic N) is 1. The summed E-state index contributed by atoms with van der Waals surface area (Å²) in [5.41, 5.74) is 5.78. The van der Waals surface area contributed by atoms with Crippen LogP contribution in [0.3, 0.4) is 0 Å². The van der Waals surface area contributed by atoms with Gasteiger partial charge in [0.2, 0.25) is 0 Å². The number of likely N-dealkylation sites (tertiary alicyclic amines) is 1. The van der Waals surface area contributed by atoms with Crippen LogP contribution in [0.25, 0.3) is 0 Å². The summed E-state index contributed by atoms with van der Waals surface area (Å²) in [6.45, 7) is 2.63. The maximum absolute atomic E-state index is 11.5. The molecule has 0 aromatic carbocycles. The molecule has 3 aliphatic rings. The van der Waals surface area contributed by atoms with Crippen LogP contribution in [-0.4, -0.2) is 41.1 Å². The largest absolute Gasteiger partial charge is 0.480 e. The molecule has 1 spiro atoms. The van der Waals surface area contributed by atoms with Gasteiger partial charge in [0, 0.05) is 6.54 Å². The van der Waals surface area contributed by atoms with Crippen LogP contribution in [0.2, 0.25) is 0 Å². The van der Waals surface area contributed by atoms with E-state index >= 15 is 0 Å². The van der Waals surface area contributed by atoms with Gasteiger partial charge >= 0.3 is 5.97 Å². The van der Waals surface area contributed by atoms with E-state index in [-0.39, 0.29) is 5.92 Å². The molecule has 0 radical (unpaired) electrons. The molecule has 2 aliphatic carbocycles. The van der Waals surface area contributed by atoms with Gasteiger partial charge in [0.25, 0.3) is 0 Å². The van der Waals surface area contributed by atoms with E-state index < -0.39 is 11.5 Å². The van der Waals surface area contributed by atoms with Crippen LogP contribution in [0.4, 0.5) is 0 Å². The monoisotopic (exact) mass is 280 g/mol. The van der Waals surface area contributed by atoms with Gasteiger partial charge in [-0.25, -0.2) is 0 Å². The highest BCUT2D eigenvalue weighted by Crippen LogP contribution is 2.45. The highest BCUT2D eigenvalue weighted by molar-refractivity contribution is 5.79. The Labute approximate surface area is 121 Å². The Morgan fingerprint density at radius 2 is 1.75 bits per heavy atom. The van der Waals surface area contributed by atoms with E-state index in [1.807, 2.05) is 0 Å². The molecule has 3 fully saturated rings. The molecule has 0 aromatic rings. The maximum atomic E-state index is 11.5. The van der Waals surface area contributed by atoms with Crippen LogP contribution in [0.1, 0.15) is 57.8 Å². The SMILES string of the molecule is NC(CN1CCC2(CCCCC2)CC1)(C(=O)O)C1CC1. The number of carbonyl (C=O) groups is 1. The Balaban J connectivity index is 1.56. The molecule has 20 heavy (non-hydrogen) atoms. The first-order valence-corrected chi connectivity index (χ1v) is 8.29. The van der Waals surface area contributed by atoms with Gasteiger partial charge < -0.3 is 15.7 Å². The van der Waals surface area contributed by atoms with E-state index in [4.69, 9.17) is 5.73 Å². The minimum absolute atomic E-state index is 0.200. The lowest BCUT2D eigenvalue weighted by atomic mass is 9.68. The van der Waals surface area contributed by atoms with Crippen molar-refractivity contribution >= 4 is 5.97 Å². The fraction of sp³-hybridized carbons (Fsp3) is 0.938. The zero-order valence-corrected chi connectivity index (χ0v) is 12.4. The van der Waals surface area contributed by atoms with E-state index in [2.05, 4.69) is 4.90 Å². The van der Waals surface area contributed by atoms with Gasteiger partial charge in [-0.1, -0.05) is 19.3 Å². The van der Waals surface area contributed by atoms with Crippen LogP contribution in [0, 0.1) is 11.3 Å². The highest BCUT2D eigenvalue weighted by atomic mass is 16.4. The smallest absolute Gasteiger partial charge is 0.325 e. The summed E-state index contributed by atoms with van der Waals surface area (Å²) < 4.78 is 0. The lowest BCUT2D eigenvalue weighted by Gasteiger charge is -2.45. The quantitative estimate of drug-likeness (QED) is 0.828. The highest BCUT2D eigenvalue weighted by Gasteiger charge is 2.49. The molecule has 1 atom stereocenters. The molecule has 0 aromatic heterocycles. The molecule has 1 unspecified atom stereocenters. The molecule has 1 heterocycles. The second kappa shape index (κ2) is 5.30. The third-order valence-corrected chi connectivity index (χ3v) is 6.02. The van der Waals surface area contributed by atoms with Crippen LogP contribution in [0.15, 0.2) is 0 Å². The van der Waals surface area contributed by atoms with Gasteiger partial charge in [-0.2, -0.15) is 0 Å². The molecule has 114 valence electrons. The number of nitrogens with two attached hydrogens (primary N) is 1. The van der Waals surface area contributed by atoms with E-state index in [0.29, 0.717) is 12.0 Å². The van der Waals surface area contributed by atoms with Crippen molar-refractivity contribution in [1.29, 1.82) is 0 Å². The van der Waals surface area contributed by atoms with Crippen molar-refractivity contribution in [2.24, 2.45) is 17.1 Å². The normalized spacial score (nSPS) is 30.1. The van der Waals surface area contributed by atoms with Crippen molar-refractivity contribution in [1.82, 2.24) is 4.90 Å². The number of hydrogen-bond donors (Lipinski definition) is 2. The Morgan fingerprint density at radius 1 is 1.15 bits per heavy atom. The van der Waals surface area contributed by atoms with Crippen LogP contribution >= 0.6 is 0 Å². The van der Waals surface area contributed by atoms with E-state index in [1.165, 1.54) is 44.9 Å². The average Bonchev–Trinajstić information content (AvgIpc) is 3.27. The molecular weight excluding hydrogens is 252 g/mol. The first kappa shape index (κ1) is 14.3. The molecule has 2 saturated carbocycles. The second-order valence-corrected chi connectivity index (χ2v) is 7.46. The van der Waals surface area contributed by atoms with Gasteiger partial charge in [0.15, 0.2) is 0 Å². The minimum Gasteiger partial charge on any atom is -0.480 e. The predicted octanol–water partition coefficient (Wildman–Crippen LogP) is 2.22. The molecule has 3 N–H and O–H groups in total. The fourth-order valence-corrected chi connectivity index (χ4v) is 4.33. The van der Waals surface area contributed by atoms with Gasteiger partial charge in [-0.3, -0.25) is 4.79 Å². The summed E-state index contributed by atoms with van der Waals surface area (Å²) in [5, 5.41) is 9.46. The number of carboxylic acids is 1. The summed E-state index contributed by atoms with van der Waals surface area (Å²) in [6, 6.07) is 0. The van der Waals surface area contributed by atoms with Crippen molar-refractivity contribution in [3.8, 4) is 0 Å². The molecule has 1 saturated heterocycles. The third-order valence-electron chi connectivity index (χ3n) is 6.02. The first-order chi connectivity index (χ1) is 9.54. The molecule has 4 heteroatoms. The summed E-state index contributed by atoms with van der Waals surface area (Å²) in [6.07, 6.45) is 11.4. The molecule has 4 nitrogen and oxygen atoms in total. The summed E-state index contributed by atoms with van der Waals surface area (Å²) in [5.74, 6) is -0.608. The molecule has 0 amide bonds. The zero-order valence-electron chi connectivity index (χ0n) is 12.4. The van der Waals surface area contributed by atoms with Gasteiger partial charge in [0.05, 0.1) is 0 Å². The van der Waals surface area contributed by atoms with Crippen molar-refractivity contribution in [2.75, 3.05) is 19.6 Å². The number of hydrogen-bond acceptors (Lipinski definition) is 3. The standard InChI is InChI=1S/C16H28N2O2/c17-16(14(19)20,13-4-5-13)12-18-10-8-15(9-11-18)6-2-1-3-7-15/h13H,1-12,17H2,(H,19,20). The fourth-order valence-electron chi connectivity index (χ4n) is 4.33. The molecule has 1 aliphatic heterocycles. The van der Waals surface area contributed by atoms with Gasteiger partial charge in [-0.05, 0) is 62.9 Å². The van der Waals surface area contributed by atoms with E-state index in [0.717, 1.165) is 25.9 Å². The summed E-state index contributed by atoms with van der Waals surface area (Å²) in [7, 11) is 0. The van der Waals surface area contributed by atoms with Gasteiger partial charge in [-0.15, -0.1) is 0 Å². The van der Waals surface area contributed by atoms with Crippen LogP contribution in [-0.2, 0) is 4.79 Å². The number of carboxylic acid groups (broad SMARTS) is 1. The van der Waals surface area contributed by atoms with E-state index in [9.17, 15) is 9.90 Å². The lowest BCUT2D eigenvalue weighted by molar-refractivity contribution is -0.145. The number of rotatable bonds is 4. The Kier molecular flexibility index (Phi) is 3.80. The average molecular weight is 280 g/mol. The predicted molar refractivity (Wildman–Crippen MR) is 78.5 cm³/mol. The maximum Gasteiger partial charge on any atom is 0.325 e. The minimum atomic E-state index is -1.00. The number of aliphatic carboxylic acids is 1. The second-order valence-electron chi connectivity index (χ2n) is 7.46. The van der Waals surface area contributed by atoms with E-state index in [1.54, 1.807) is 0 Å². The number of piperidine rings is 1. The van der Waals surface area contributed by atoms with Crippen molar-refractivity contribution in [3.05, 3.63) is 0 Å². The molecular formula is C16H28N2O2. The van der Waals surface area contributed by atoms with Crippen LogP contribution in [0.5, 0.6) is 0 Å². The molecule has 0 bridgehead atoms. The van der Waals surface area contributed by atoms with Crippen molar-refractivity contribution in [3.63, 3.8) is 0 Å². The summed E-state index contributed by atoms with van der Waals surface area (Å²) >= 11 is 0. The Hall–Kier alpha value is -0.610. The van der Waals surface area contributed by atoms with Crippen molar-refractivity contribution in [2.45, 2.75) is 63.3 Å². The Bertz CT molecular complexity index is 365. The topological polar surface area (TPSA) is 66.6 Å². The van der Waals surface area contributed by atoms with Crippen LogP contribution < -0.4 is 5.73 Å². The molecule has 3 rings (SSSR count).